The van der Waals surface area contributed by atoms with Crippen LogP contribution in [0.2, 0.25) is 10.0 Å². The topological polar surface area (TPSA) is 100 Å². The van der Waals surface area contributed by atoms with Gasteiger partial charge in [-0.2, -0.15) is 0 Å². The predicted octanol–water partition coefficient (Wildman–Crippen LogP) is 3.25. The van der Waals surface area contributed by atoms with Gasteiger partial charge in [-0.3, -0.25) is 19.3 Å². The number of hydrogen-bond acceptors (Lipinski definition) is 6. The average molecular weight is 592 g/mol. The summed E-state index contributed by atoms with van der Waals surface area (Å²) in [6.45, 7) is 4.34. The number of carbonyl (C=O) groups is 3. The van der Waals surface area contributed by atoms with Crippen LogP contribution < -0.4 is 10.6 Å². The molecule has 11 heteroatoms. The molecule has 2 bridgehead atoms. The number of nitrogens with one attached hydrogen (secondary N) is 2. The molecular weight excluding hydrogens is 555 g/mol. The first-order chi connectivity index (χ1) is 19.4. The molecule has 6 rings (SSSR count). The van der Waals surface area contributed by atoms with Crippen LogP contribution in [-0.4, -0.2) is 90.7 Å². The van der Waals surface area contributed by atoms with Crippen LogP contribution in [0.1, 0.15) is 38.5 Å². The Balaban J connectivity index is 1.24. The largest absolute Gasteiger partial charge is 0.379 e. The van der Waals surface area contributed by atoms with Gasteiger partial charge in [-0.25, -0.2) is 0 Å². The summed E-state index contributed by atoms with van der Waals surface area (Å²) in [6.07, 6.45) is 9.02. The summed E-state index contributed by atoms with van der Waals surface area (Å²) in [6, 6.07) is 4.08. The highest BCUT2D eigenvalue weighted by Gasteiger charge is 2.72. The van der Waals surface area contributed by atoms with Crippen molar-refractivity contribution in [2.45, 2.75) is 62.3 Å². The molecule has 5 aliphatic rings. The molecule has 1 aliphatic carbocycles. The van der Waals surface area contributed by atoms with Crippen molar-refractivity contribution in [3.05, 3.63) is 40.4 Å². The summed E-state index contributed by atoms with van der Waals surface area (Å²) in [7, 11) is 0. The van der Waals surface area contributed by atoms with E-state index < -0.39 is 29.6 Å². The Kier molecular flexibility index (Phi) is 8.12. The predicted molar refractivity (Wildman–Crippen MR) is 151 cm³/mol. The van der Waals surface area contributed by atoms with Crippen molar-refractivity contribution < 1.29 is 23.9 Å². The van der Waals surface area contributed by atoms with Crippen molar-refractivity contribution >= 4 is 46.6 Å². The molecule has 3 amide bonds. The molecule has 4 fully saturated rings. The zero-order valence-corrected chi connectivity index (χ0v) is 24.0. The van der Waals surface area contributed by atoms with E-state index in [1.54, 1.807) is 23.1 Å². The van der Waals surface area contributed by atoms with Gasteiger partial charge in [0.2, 0.25) is 17.7 Å². The first-order valence-corrected chi connectivity index (χ1v) is 15.2. The Morgan fingerprint density at radius 2 is 1.73 bits per heavy atom. The standard InChI is InChI=1S/C29H36Cl2N4O5/c30-18-15-19(31)17-21(16-18)33-26(36)23-22-7-8-29(40-22)24(23)28(38)35(10-4-9-34-11-13-39-14-12-34)25(29)27(37)32-20-5-2-1-3-6-20/h7-8,15-17,20,22-25H,1-6,9-14H2,(H,32,37)(H,33,36)/t22-,23+,24-,25+,29-/m0/s1. The van der Waals surface area contributed by atoms with Crippen LogP contribution in [0, 0.1) is 11.8 Å². The van der Waals surface area contributed by atoms with Crippen LogP contribution in [0.25, 0.3) is 0 Å². The number of nitrogens with zero attached hydrogens (tertiary/aromatic N) is 2. The second kappa shape index (κ2) is 11.6. The molecule has 1 saturated carbocycles. The normalized spacial score (nSPS) is 31.9. The number of benzene rings is 1. The summed E-state index contributed by atoms with van der Waals surface area (Å²) in [5, 5.41) is 6.90. The summed E-state index contributed by atoms with van der Waals surface area (Å²) >= 11 is 12.3. The number of ether oxygens (including phenoxy) is 2. The minimum Gasteiger partial charge on any atom is -0.379 e. The third-order valence-electron chi connectivity index (χ3n) is 8.98. The zero-order chi connectivity index (χ0) is 27.9. The van der Waals surface area contributed by atoms with E-state index in [9.17, 15) is 14.4 Å². The van der Waals surface area contributed by atoms with E-state index in [4.69, 9.17) is 32.7 Å². The molecule has 2 N–H and O–H groups in total. The van der Waals surface area contributed by atoms with Gasteiger partial charge < -0.3 is 25.0 Å². The number of fused-ring (bicyclic) bond motifs is 1. The fourth-order valence-corrected chi connectivity index (χ4v) is 7.70. The maximum absolute atomic E-state index is 14.1. The minimum atomic E-state index is -1.17. The molecule has 5 atom stereocenters. The summed E-state index contributed by atoms with van der Waals surface area (Å²) in [5.41, 5.74) is -0.726. The van der Waals surface area contributed by atoms with E-state index >= 15 is 0 Å². The van der Waals surface area contributed by atoms with Crippen LogP contribution in [0.4, 0.5) is 5.69 Å². The van der Waals surface area contributed by atoms with Crippen LogP contribution in [-0.2, 0) is 23.9 Å². The number of anilines is 1. The third kappa shape index (κ3) is 5.27. The molecule has 40 heavy (non-hydrogen) atoms. The highest BCUT2D eigenvalue weighted by atomic mass is 35.5. The van der Waals surface area contributed by atoms with Gasteiger partial charge in [-0.15, -0.1) is 0 Å². The SMILES string of the molecule is O=C(Nc1cc(Cl)cc(Cl)c1)[C@@H]1[C@@H]2C=C[C@]3(O2)[C@@H]1C(=O)N(CCCN1CCOCC1)[C@@H]3C(=O)NC1CCCCC1. The van der Waals surface area contributed by atoms with E-state index in [-0.39, 0.29) is 23.8 Å². The molecule has 4 aliphatic heterocycles. The number of likely N-dealkylation sites (tertiary alicyclic amines) is 1. The summed E-state index contributed by atoms with van der Waals surface area (Å²) in [5.74, 6) is -2.31. The Bertz CT molecular complexity index is 1160. The molecule has 1 aromatic carbocycles. The zero-order valence-electron chi connectivity index (χ0n) is 22.5. The Morgan fingerprint density at radius 1 is 1.00 bits per heavy atom. The Labute approximate surface area is 244 Å². The quantitative estimate of drug-likeness (QED) is 0.451. The van der Waals surface area contributed by atoms with Crippen molar-refractivity contribution in [3.63, 3.8) is 0 Å². The monoisotopic (exact) mass is 590 g/mol. The Morgan fingerprint density at radius 3 is 2.45 bits per heavy atom. The van der Waals surface area contributed by atoms with Crippen molar-refractivity contribution in [1.29, 1.82) is 0 Å². The van der Waals surface area contributed by atoms with Crippen molar-refractivity contribution in [1.82, 2.24) is 15.1 Å². The van der Waals surface area contributed by atoms with E-state index in [2.05, 4.69) is 15.5 Å². The maximum atomic E-state index is 14.1. The number of hydrogen-bond donors (Lipinski definition) is 2. The molecule has 0 radical (unpaired) electrons. The molecule has 9 nitrogen and oxygen atoms in total. The minimum absolute atomic E-state index is 0.0938. The lowest BCUT2D eigenvalue weighted by Gasteiger charge is -2.34. The highest BCUT2D eigenvalue weighted by Crippen LogP contribution is 2.55. The van der Waals surface area contributed by atoms with Gasteiger partial charge in [0, 0.05) is 48.0 Å². The fourth-order valence-electron chi connectivity index (χ4n) is 7.18. The molecule has 1 spiro atoms. The molecule has 216 valence electrons. The van der Waals surface area contributed by atoms with E-state index in [0.29, 0.717) is 41.9 Å². The number of amides is 3. The molecule has 0 aromatic heterocycles. The van der Waals surface area contributed by atoms with E-state index in [1.165, 1.54) is 6.42 Å². The van der Waals surface area contributed by atoms with Gasteiger partial charge in [0.1, 0.15) is 11.6 Å². The number of rotatable bonds is 8. The third-order valence-corrected chi connectivity index (χ3v) is 9.42. The van der Waals surface area contributed by atoms with Gasteiger partial charge in [0.25, 0.3) is 0 Å². The van der Waals surface area contributed by atoms with E-state index in [1.807, 2.05) is 12.2 Å². The van der Waals surface area contributed by atoms with Gasteiger partial charge in [0.05, 0.1) is 31.2 Å². The molecule has 3 saturated heterocycles. The van der Waals surface area contributed by atoms with Crippen LogP contribution in [0.3, 0.4) is 0 Å². The fraction of sp³-hybridized carbons (Fsp3) is 0.621. The lowest BCUT2D eigenvalue weighted by molar-refractivity contribution is -0.141. The van der Waals surface area contributed by atoms with Crippen LogP contribution >= 0.6 is 23.2 Å². The number of morpholine rings is 1. The lowest BCUT2D eigenvalue weighted by atomic mass is 9.74. The Hall–Kier alpha value is -2.17. The molecule has 4 heterocycles. The van der Waals surface area contributed by atoms with Gasteiger partial charge in [-0.05, 0) is 37.5 Å². The molecule has 0 unspecified atom stereocenters. The molecular formula is C29H36Cl2N4O5. The second-order valence-corrected chi connectivity index (χ2v) is 12.4. The first-order valence-electron chi connectivity index (χ1n) is 14.4. The van der Waals surface area contributed by atoms with Crippen LogP contribution in [0.5, 0.6) is 0 Å². The second-order valence-electron chi connectivity index (χ2n) is 11.5. The number of carbonyl (C=O) groups excluding carboxylic acids is 3. The summed E-state index contributed by atoms with van der Waals surface area (Å²) in [4.78, 5) is 45.7. The van der Waals surface area contributed by atoms with Gasteiger partial charge >= 0.3 is 0 Å². The van der Waals surface area contributed by atoms with Crippen molar-refractivity contribution in [3.8, 4) is 0 Å². The van der Waals surface area contributed by atoms with Gasteiger partial charge in [0.15, 0.2) is 0 Å². The van der Waals surface area contributed by atoms with Crippen LogP contribution in [0.15, 0.2) is 30.4 Å². The smallest absolute Gasteiger partial charge is 0.246 e. The summed E-state index contributed by atoms with van der Waals surface area (Å²) < 4.78 is 11.9. The highest BCUT2D eigenvalue weighted by molar-refractivity contribution is 6.35. The van der Waals surface area contributed by atoms with Gasteiger partial charge in [-0.1, -0.05) is 54.6 Å². The lowest BCUT2D eigenvalue weighted by Crippen LogP contribution is -2.56. The van der Waals surface area contributed by atoms with Crippen molar-refractivity contribution in [2.75, 3.05) is 44.7 Å². The first kappa shape index (κ1) is 28.0. The number of halogens is 2. The average Bonchev–Trinajstić information content (AvgIpc) is 3.57. The maximum Gasteiger partial charge on any atom is 0.246 e. The van der Waals surface area contributed by atoms with Crippen molar-refractivity contribution in [2.24, 2.45) is 11.8 Å². The van der Waals surface area contributed by atoms with E-state index in [0.717, 1.165) is 45.3 Å². The molecule has 1 aromatic rings.